The van der Waals surface area contributed by atoms with Crippen LogP contribution in [0.3, 0.4) is 0 Å². The number of sulfonamides is 1. The van der Waals surface area contributed by atoms with Gasteiger partial charge in [-0.15, -0.1) is 0 Å². The molecule has 6 nitrogen and oxygen atoms in total. The van der Waals surface area contributed by atoms with E-state index in [-0.39, 0.29) is 11.5 Å². The fourth-order valence-electron chi connectivity index (χ4n) is 2.14. The van der Waals surface area contributed by atoms with Crippen molar-refractivity contribution in [3.63, 3.8) is 0 Å². The number of nitrogens with one attached hydrogen (secondary N) is 1. The van der Waals surface area contributed by atoms with Crippen molar-refractivity contribution in [2.24, 2.45) is 0 Å². The summed E-state index contributed by atoms with van der Waals surface area (Å²) in [5, 5.41) is 0. The Morgan fingerprint density at radius 2 is 1.85 bits per heavy atom. The van der Waals surface area contributed by atoms with Gasteiger partial charge < -0.3 is 0 Å². The third-order valence-corrected chi connectivity index (χ3v) is 5.23. The first kappa shape index (κ1) is 15.0. The molecular weight excluding hydrogens is 302 g/mol. The highest BCUT2D eigenvalue weighted by Crippen LogP contribution is 2.28. The van der Waals surface area contributed by atoms with E-state index < -0.39 is 31.7 Å². The maximum Gasteiger partial charge on any atom is 0.240 e. The minimum Gasteiger partial charge on any atom is -0.273 e. The van der Waals surface area contributed by atoms with Crippen LogP contribution in [0.4, 0.5) is 0 Å². The molecule has 0 bridgehead atoms. The van der Waals surface area contributed by atoms with Crippen molar-refractivity contribution in [2.75, 3.05) is 6.26 Å². The number of hydrogen-bond donors (Lipinski definition) is 1. The molecule has 1 aromatic rings. The normalized spacial score (nSPS) is 18.3. The van der Waals surface area contributed by atoms with Gasteiger partial charge in [-0.2, -0.15) is 0 Å². The maximum atomic E-state index is 11.8. The van der Waals surface area contributed by atoms with Crippen molar-refractivity contribution in [3.8, 4) is 0 Å². The summed E-state index contributed by atoms with van der Waals surface area (Å²) in [5.74, 6) is -1.31. The lowest BCUT2D eigenvalue weighted by Gasteiger charge is -2.12. The molecule has 1 amide bonds. The highest BCUT2D eigenvalue weighted by atomic mass is 32.2. The summed E-state index contributed by atoms with van der Waals surface area (Å²) in [6, 6.07) is 5.00. The van der Waals surface area contributed by atoms with Crippen LogP contribution in [0, 0.1) is 0 Å². The number of carbonyl (C=O) groups is 1. The molecular formula is C12H15NO5S2. The minimum absolute atomic E-state index is 0.0204. The number of rotatable bonds is 3. The molecule has 20 heavy (non-hydrogen) atoms. The zero-order valence-electron chi connectivity index (χ0n) is 11.1. The lowest BCUT2D eigenvalue weighted by atomic mass is 9.97. The predicted molar refractivity (Wildman–Crippen MR) is 74.2 cm³/mol. The Labute approximate surface area is 118 Å². The molecule has 0 radical (unpaired) electrons. The first-order valence-electron chi connectivity index (χ1n) is 5.91. The molecule has 1 aliphatic rings. The zero-order valence-corrected chi connectivity index (χ0v) is 12.7. The molecule has 1 heterocycles. The maximum absolute atomic E-state index is 11.8. The SMILES string of the molecule is CC(C(=O)NS(C)(=O)=O)c1ccc2c(c1)CS(=O)(=O)C2. The topological polar surface area (TPSA) is 97.4 Å². The third-order valence-electron chi connectivity index (χ3n) is 3.16. The van der Waals surface area contributed by atoms with Crippen LogP contribution in [0.2, 0.25) is 0 Å². The molecule has 1 atom stereocenters. The number of carbonyl (C=O) groups excluding carboxylic acids is 1. The molecule has 1 aromatic carbocycles. The Kier molecular flexibility index (Phi) is 3.64. The smallest absolute Gasteiger partial charge is 0.240 e. The van der Waals surface area contributed by atoms with Gasteiger partial charge in [0, 0.05) is 0 Å². The molecule has 0 fully saturated rings. The molecule has 1 unspecified atom stereocenters. The van der Waals surface area contributed by atoms with Gasteiger partial charge in [0.15, 0.2) is 9.84 Å². The van der Waals surface area contributed by atoms with Crippen LogP contribution >= 0.6 is 0 Å². The van der Waals surface area contributed by atoms with E-state index in [0.717, 1.165) is 11.8 Å². The summed E-state index contributed by atoms with van der Waals surface area (Å²) in [4.78, 5) is 11.8. The molecule has 8 heteroatoms. The molecule has 0 aromatic heterocycles. The largest absolute Gasteiger partial charge is 0.273 e. The van der Waals surface area contributed by atoms with Gasteiger partial charge in [-0.3, -0.25) is 9.52 Å². The van der Waals surface area contributed by atoms with Crippen LogP contribution in [-0.2, 0) is 36.2 Å². The van der Waals surface area contributed by atoms with Crippen molar-refractivity contribution < 1.29 is 21.6 Å². The Morgan fingerprint density at radius 1 is 1.25 bits per heavy atom. The van der Waals surface area contributed by atoms with Crippen molar-refractivity contribution in [3.05, 3.63) is 34.9 Å². The molecule has 1 aliphatic heterocycles. The summed E-state index contributed by atoms with van der Waals surface area (Å²) in [6.07, 6.45) is 0.910. The average molecular weight is 317 g/mol. The average Bonchev–Trinajstić information content (AvgIpc) is 2.58. The molecule has 0 aliphatic carbocycles. The van der Waals surface area contributed by atoms with Gasteiger partial charge in [-0.1, -0.05) is 18.2 Å². The summed E-state index contributed by atoms with van der Waals surface area (Å²) >= 11 is 0. The van der Waals surface area contributed by atoms with E-state index in [0.29, 0.717) is 11.1 Å². The second kappa shape index (κ2) is 4.85. The Balaban J connectivity index is 2.26. The summed E-state index contributed by atoms with van der Waals surface area (Å²) < 4.78 is 47.1. The first-order valence-corrected chi connectivity index (χ1v) is 9.62. The van der Waals surface area contributed by atoms with Crippen molar-refractivity contribution in [1.82, 2.24) is 4.72 Å². The van der Waals surface area contributed by atoms with Gasteiger partial charge in [0.25, 0.3) is 0 Å². The highest BCUT2D eigenvalue weighted by molar-refractivity contribution is 7.90. The lowest BCUT2D eigenvalue weighted by Crippen LogP contribution is -2.32. The monoisotopic (exact) mass is 317 g/mol. The Hall–Kier alpha value is -1.41. The van der Waals surface area contributed by atoms with E-state index in [1.165, 1.54) is 0 Å². The van der Waals surface area contributed by atoms with Crippen LogP contribution in [0.15, 0.2) is 18.2 Å². The second-order valence-corrected chi connectivity index (χ2v) is 8.83. The van der Waals surface area contributed by atoms with Crippen LogP contribution in [0.5, 0.6) is 0 Å². The van der Waals surface area contributed by atoms with Gasteiger partial charge in [-0.25, -0.2) is 16.8 Å². The zero-order chi connectivity index (χ0) is 15.1. The fourth-order valence-corrected chi connectivity index (χ4v) is 4.28. The molecule has 0 saturated carbocycles. The standard InChI is InChI=1S/C12H15NO5S2/c1-8(12(14)13-19(2,15)16)9-3-4-10-6-20(17,18)7-11(10)5-9/h3-5,8H,6-7H2,1-2H3,(H,13,14). The van der Waals surface area contributed by atoms with E-state index in [1.807, 2.05) is 4.72 Å². The van der Waals surface area contributed by atoms with Crippen molar-refractivity contribution in [2.45, 2.75) is 24.3 Å². The second-order valence-electron chi connectivity index (χ2n) is 5.02. The van der Waals surface area contributed by atoms with Crippen molar-refractivity contribution in [1.29, 1.82) is 0 Å². The Bertz CT molecular complexity index is 765. The van der Waals surface area contributed by atoms with Gasteiger partial charge >= 0.3 is 0 Å². The number of benzene rings is 1. The van der Waals surface area contributed by atoms with Crippen LogP contribution < -0.4 is 4.72 Å². The molecule has 110 valence electrons. The Morgan fingerprint density at radius 3 is 2.45 bits per heavy atom. The first-order chi connectivity index (χ1) is 9.07. The van der Waals surface area contributed by atoms with Crippen LogP contribution in [0.1, 0.15) is 29.5 Å². The number of fused-ring (bicyclic) bond motifs is 1. The molecule has 1 N–H and O–H groups in total. The van der Waals surface area contributed by atoms with E-state index in [4.69, 9.17) is 0 Å². The highest BCUT2D eigenvalue weighted by Gasteiger charge is 2.26. The van der Waals surface area contributed by atoms with E-state index in [1.54, 1.807) is 25.1 Å². The summed E-state index contributed by atoms with van der Waals surface area (Å²) in [5.41, 5.74) is 2.02. The lowest BCUT2D eigenvalue weighted by molar-refractivity contribution is -0.120. The van der Waals surface area contributed by atoms with E-state index in [2.05, 4.69) is 0 Å². The number of sulfone groups is 1. The molecule has 2 rings (SSSR count). The summed E-state index contributed by atoms with van der Waals surface area (Å²) in [7, 11) is -6.70. The number of hydrogen-bond acceptors (Lipinski definition) is 5. The van der Waals surface area contributed by atoms with Gasteiger partial charge in [0.2, 0.25) is 15.9 Å². The van der Waals surface area contributed by atoms with Crippen molar-refractivity contribution >= 4 is 25.8 Å². The van der Waals surface area contributed by atoms with Gasteiger partial charge in [0.05, 0.1) is 23.7 Å². The quantitative estimate of drug-likeness (QED) is 0.864. The molecule has 0 spiro atoms. The fraction of sp³-hybridized carbons (Fsp3) is 0.417. The molecule has 0 saturated heterocycles. The predicted octanol–water partition coefficient (Wildman–Crippen LogP) is 0.294. The van der Waals surface area contributed by atoms with E-state index >= 15 is 0 Å². The van der Waals surface area contributed by atoms with Gasteiger partial charge in [0.1, 0.15) is 0 Å². The summed E-state index contributed by atoms with van der Waals surface area (Å²) in [6.45, 7) is 1.58. The van der Waals surface area contributed by atoms with E-state index in [9.17, 15) is 21.6 Å². The van der Waals surface area contributed by atoms with Crippen LogP contribution in [-0.4, -0.2) is 29.0 Å². The van der Waals surface area contributed by atoms with Crippen LogP contribution in [0.25, 0.3) is 0 Å². The number of amides is 1. The van der Waals surface area contributed by atoms with Gasteiger partial charge in [-0.05, 0) is 23.6 Å². The third kappa shape index (κ3) is 3.37. The minimum atomic E-state index is -3.60.